The third kappa shape index (κ3) is 6.45. The molecule has 0 bridgehead atoms. The number of nitrogens with one attached hydrogen (secondary N) is 2. The fraction of sp³-hybridized carbons (Fsp3) is 0.375. The molecule has 1 atom stereocenters. The van der Waals surface area contributed by atoms with Crippen molar-refractivity contribution in [2.45, 2.75) is 59.4 Å². The highest BCUT2D eigenvalue weighted by Crippen LogP contribution is 2.38. The summed E-state index contributed by atoms with van der Waals surface area (Å²) >= 11 is 0. The highest BCUT2D eigenvalue weighted by atomic mass is 19.1. The third-order valence-corrected chi connectivity index (χ3v) is 7.04. The molecule has 0 unspecified atom stereocenters. The SMILES string of the molecule is Cc1ccc2c(CC(=O)CC(C)(C)C)c(F)ccc2c1Oc1ncccc1-c1ccnc(N[C@H]2CCCNC2)n1. The number of ketones is 1. The van der Waals surface area contributed by atoms with Gasteiger partial charge in [0.1, 0.15) is 17.3 Å². The molecule has 0 aliphatic carbocycles. The van der Waals surface area contributed by atoms with Crippen LogP contribution in [0.4, 0.5) is 10.3 Å². The largest absolute Gasteiger partial charge is 0.437 e. The summed E-state index contributed by atoms with van der Waals surface area (Å²) in [6.45, 7) is 9.87. The maximum atomic E-state index is 15.0. The molecule has 4 aromatic rings. The van der Waals surface area contributed by atoms with Crippen LogP contribution in [0.25, 0.3) is 22.0 Å². The van der Waals surface area contributed by atoms with Crippen molar-refractivity contribution in [1.82, 2.24) is 20.3 Å². The number of aromatic nitrogens is 3. The number of hydrogen-bond donors (Lipinski definition) is 2. The van der Waals surface area contributed by atoms with Crippen LogP contribution in [-0.2, 0) is 11.2 Å². The average molecular weight is 542 g/mol. The molecule has 0 radical (unpaired) electrons. The lowest BCUT2D eigenvalue weighted by Crippen LogP contribution is -2.38. The molecule has 8 heteroatoms. The van der Waals surface area contributed by atoms with Crippen LogP contribution in [0.1, 0.15) is 51.2 Å². The quantitative estimate of drug-likeness (QED) is 0.258. The minimum Gasteiger partial charge on any atom is -0.437 e. The molecular formula is C32H36FN5O2. The molecule has 7 nitrogen and oxygen atoms in total. The summed E-state index contributed by atoms with van der Waals surface area (Å²) in [5, 5.41) is 8.21. The van der Waals surface area contributed by atoms with E-state index < -0.39 is 5.82 Å². The molecule has 208 valence electrons. The molecule has 2 aromatic carbocycles. The Morgan fingerprint density at radius 2 is 1.93 bits per heavy atom. The second kappa shape index (κ2) is 11.7. The van der Waals surface area contributed by atoms with E-state index in [0.717, 1.165) is 36.9 Å². The molecule has 1 saturated heterocycles. The molecule has 3 heterocycles. The molecule has 0 spiro atoms. The lowest BCUT2D eigenvalue weighted by Gasteiger charge is -2.23. The fourth-order valence-corrected chi connectivity index (χ4v) is 5.19. The predicted octanol–water partition coefficient (Wildman–Crippen LogP) is 6.64. The second-order valence-electron chi connectivity index (χ2n) is 11.7. The number of nitrogens with zero attached hydrogens (tertiary/aromatic N) is 3. The summed E-state index contributed by atoms with van der Waals surface area (Å²) < 4.78 is 21.5. The van der Waals surface area contributed by atoms with Crippen molar-refractivity contribution < 1.29 is 13.9 Å². The van der Waals surface area contributed by atoms with Crippen molar-refractivity contribution in [3.8, 4) is 22.9 Å². The summed E-state index contributed by atoms with van der Waals surface area (Å²) in [5.74, 6) is 1.13. The van der Waals surface area contributed by atoms with Gasteiger partial charge >= 0.3 is 0 Å². The number of hydrogen-bond acceptors (Lipinski definition) is 7. The predicted molar refractivity (Wildman–Crippen MR) is 156 cm³/mol. The van der Waals surface area contributed by atoms with Gasteiger partial charge in [-0.05, 0) is 73.0 Å². The topological polar surface area (TPSA) is 89.0 Å². The van der Waals surface area contributed by atoms with Gasteiger partial charge < -0.3 is 15.4 Å². The van der Waals surface area contributed by atoms with Crippen LogP contribution in [0.5, 0.6) is 11.6 Å². The minimum absolute atomic E-state index is 0.00568. The molecule has 1 fully saturated rings. The molecule has 1 aliphatic rings. The monoisotopic (exact) mass is 541 g/mol. The number of carbonyl (C=O) groups is 1. The summed E-state index contributed by atoms with van der Waals surface area (Å²) in [7, 11) is 0. The lowest BCUT2D eigenvalue weighted by molar-refractivity contribution is -0.120. The number of benzene rings is 2. The Bertz CT molecular complexity index is 1530. The van der Waals surface area contributed by atoms with Crippen molar-refractivity contribution in [2.24, 2.45) is 5.41 Å². The number of piperidine rings is 1. The number of anilines is 1. The number of halogens is 1. The van der Waals surface area contributed by atoms with Crippen LogP contribution in [0.3, 0.4) is 0 Å². The van der Waals surface area contributed by atoms with Crippen molar-refractivity contribution in [3.63, 3.8) is 0 Å². The highest BCUT2D eigenvalue weighted by molar-refractivity contribution is 5.95. The zero-order valence-corrected chi connectivity index (χ0v) is 23.6. The third-order valence-electron chi connectivity index (χ3n) is 7.04. The molecular weight excluding hydrogens is 505 g/mol. The Balaban J connectivity index is 1.48. The average Bonchev–Trinajstić information content (AvgIpc) is 2.92. The van der Waals surface area contributed by atoms with Crippen molar-refractivity contribution >= 4 is 22.5 Å². The van der Waals surface area contributed by atoms with Gasteiger partial charge in [0.15, 0.2) is 0 Å². The zero-order chi connectivity index (χ0) is 28.3. The van der Waals surface area contributed by atoms with Gasteiger partial charge in [-0.2, -0.15) is 0 Å². The Hall–Kier alpha value is -3.91. The van der Waals surface area contributed by atoms with Gasteiger partial charge in [-0.25, -0.2) is 19.3 Å². The van der Waals surface area contributed by atoms with E-state index in [1.165, 1.54) is 6.07 Å². The van der Waals surface area contributed by atoms with Gasteiger partial charge in [-0.3, -0.25) is 4.79 Å². The first-order valence-corrected chi connectivity index (χ1v) is 13.8. The van der Waals surface area contributed by atoms with Gasteiger partial charge in [0.2, 0.25) is 11.8 Å². The van der Waals surface area contributed by atoms with Crippen LogP contribution in [0.2, 0.25) is 0 Å². The smallest absolute Gasteiger partial charge is 0.228 e. The molecule has 2 N–H and O–H groups in total. The molecule has 2 aromatic heterocycles. The van der Waals surface area contributed by atoms with Gasteiger partial charge in [0.25, 0.3) is 0 Å². The van der Waals surface area contributed by atoms with E-state index >= 15 is 4.39 Å². The first-order chi connectivity index (χ1) is 19.2. The van der Waals surface area contributed by atoms with E-state index in [1.807, 2.05) is 58.0 Å². The number of rotatable bonds is 8. The molecule has 1 aliphatic heterocycles. The highest BCUT2D eigenvalue weighted by Gasteiger charge is 2.21. The number of carbonyl (C=O) groups excluding carboxylic acids is 1. The molecule has 0 saturated carbocycles. The maximum absolute atomic E-state index is 15.0. The van der Waals surface area contributed by atoms with Crippen LogP contribution >= 0.6 is 0 Å². The van der Waals surface area contributed by atoms with E-state index in [2.05, 4.69) is 20.6 Å². The summed E-state index contributed by atoms with van der Waals surface area (Å²) in [6, 6.07) is 12.7. The van der Waals surface area contributed by atoms with Crippen LogP contribution in [0.15, 0.2) is 54.9 Å². The molecule has 40 heavy (non-hydrogen) atoms. The number of ether oxygens (including phenoxy) is 1. The van der Waals surface area contributed by atoms with E-state index in [4.69, 9.17) is 9.72 Å². The summed E-state index contributed by atoms with van der Waals surface area (Å²) in [5.41, 5.74) is 2.50. The number of Topliss-reactive ketones (excluding diaryl/α,β-unsaturated/α-hetero) is 1. The molecule has 0 amide bonds. The normalized spacial score (nSPS) is 15.7. The first kappa shape index (κ1) is 27.6. The second-order valence-corrected chi connectivity index (χ2v) is 11.7. The standard InChI is InChI=1S/C32H36FN5O2/c1-20-9-10-23-24(11-12-27(33)26(23)17-22(39)18-32(2,3)4)29(20)40-30-25(8-6-15-35-30)28-13-16-36-31(38-28)37-21-7-5-14-34-19-21/h6,8-13,15-16,21,34H,5,7,14,17-19H2,1-4H3,(H,36,37,38)/t21-/m0/s1. The van der Waals surface area contributed by atoms with Crippen LogP contribution in [0, 0.1) is 18.2 Å². The number of fused-ring (bicyclic) bond motifs is 1. The van der Waals surface area contributed by atoms with Crippen molar-refractivity contribution in [1.29, 1.82) is 0 Å². The van der Waals surface area contributed by atoms with Gasteiger partial charge in [-0.15, -0.1) is 0 Å². The van der Waals surface area contributed by atoms with E-state index in [0.29, 0.717) is 46.2 Å². The van der Waals surface area contributed by atoms with Gasteiger partial charge in [0, 0.05) is 48.8 Å². The van der Waals surface area contributed by atoms with E-state index in [-0.39, 0.29) is 23.7 Å². The van der Waals surface area contributed by atoms with Crippen molar-refractivity contribution in [3.05, 3.63) is 71.8 Å². The Kier molecular flexibility index (Phi) is 8.07. The number of aryl methyl sites for hydroxylation is 1. The minimum atomic E-state index is -0.391. The zero-order valence-electron chi connectivity index (χ0n) is 23.6. The van der Waals surface area contributed by atoms with Crippen molar-refractivity contribution in [2.75, 3.05) is 18.4 Å². The van der Waals surface area contributed by atoms with E-state index in [1.54, 1.807) is 18.5 Å². The van der Waals surface area contributed by atoms with Crippen LogP contribution in [-0.4, -0.2) is 39.9 Å². The Labute approximate surface area is 234 Å². The lowest BCUT2D eigenvalue weighted by atomic mass is 9.87. The first-order valence-electron chi connectivity index (χ1n) is 13.8. The van der Waals surface area contributed by atoms with Crippen LogP contribution < -0.4 is 15.4 Å². The molecule has 5 rings (SSSR count). The maximum Gasteiger partial charge on any atom is 0.228 e. The number of pyridine rings is 1. The fourth-order valence-electron chi connectivity index (χ4n) is 5.19. The Morgan fingerprint density at radius 1 is 1.10 bits per heavy atom. The summed E-state index contributed by atoms with van der Waals surface area (Å²) in [4.78, 5) is 26.5. The van der Waals surface area contributed by atoms with Gasteiger partial charge in [0.05, 0.1) is 11.3 Å². The van der Waals surface area contributed by atoms with Gasteiger partial charge in [-0.1, -0.05) is 32.9 Å². The van der Waals surface area contributed by atoms with E-state index in [9.17, 15) is 4.79 Å². The Morgan fingerprint density at radius 3 is 2.70 bits per heavy atom. The summed E-state index contributed by atoms with van der Waals surface area (Å²) in [6.07, 6.45) is 5.98.